The van der Waals surface area contributed by atoms with Gasteiger partial charge in [-0.2, -0.15) is 0 Å². The predicted octanol–water partition coefficient (Wildman–Crippen LogP) is 2.27. The van der Waals surface area contributed by atoms with Crippen molar-refractivity contribution in [3.8, 4) is 0 Å². The molecule has 1 aliphatic heterocycles. The third-order valence-electron chi connectivity index (χ3n) is 4.01. The number of piperazine rings is 1. The number of hydrogen-bond donors (Lipinski definition) is 0. The zero-order valence-corrected chi connectivity index (χ0v) is 12.4. The molecule has 0 unspecified atom stereocenters. The van der Waals surface area contributed by atoms with E-state index in [1.807, 2.05) is 36.1 Å². The lowest BCUT2D eigenvalue weighted by molar-refractivity contribution is -0.133. The molecule has 0 spiro atoms. The Hall–Kier alpha value is -1.88. The van der Waals surface area contributed by atoms with Crippen LogP contribution < -0.4 is 0 Å². The minimum Gasteiger partial charge on any atom is -0.356 e. The van der Waals surface area contributed by atoms with Gasteiger partial charge in [0.25, 0.3) is 0 Å². The van der Waals surface area contributed by atoms with Gasteiger partial charge in [0.2, 0.25) is 5.91 Å². The molecular formula is C16H21N3O2. The van der Waals surface area contributed by atoms with Crippen molar-refractivity contribution in [1.82, 2.24) is 15.0 Å². The number of carbonyl (C=O) groups is 1. The van der Waals surface area contributed by atoms with Crippen molar-refractivity contribution in [1.29, 1.82) is 0 Å². The Bertz CT molecular complexity index is 615. The highest BCUT2D eigenvalue weighted by molar-refractivity contribution is 5.79. The van der Waals surface area contributed by atoms with Gasteiger partial charge in [-0.3, -0.25) is 9.69 Å². The standard InChI is InChI=1S/C16H21N3O2/c1-2-5-16(20)19-10-8-18(9-11-19)12-14-13-6-3-4-7-15(13)21-17-14/h3-4,6-7H,2,5,8-12H2,1H3. The first-order valence-corrected chi connectivity index (χ1v) is 7.61. The molecule has 5 nitrogen and oxygen atoms in total. The maximum absolute atomic E-state index is 11.9. The van der Waals surface area contributed by atoms with E-state index in [1.54, 1.807) is 0 Å². The number of amides is 1. The Labute approximate surface area is 124 Å². The third-order valence-corrected chi connectivity index (χ3v) is 4.01. The minimum atomic E-state index is 0.282. The highest BCUT2D eigenvalue weighted by Crippen LogP contribution is 2.19. The zero-order valence-electron chi connectivity index (χ0n) is 12.4. The molecule has 1 amide bonds. The van der Waals surface area contributed by atoms with E-state index in [0.717, 1.165) is 55.8 Å². The maximum atomic E-state index is 11.9. The number of para-hydroxylation sites is 1. The SMILES string of the molecule is CCCC(=O)N1CCN(Cc2noc3ccccc23)CC1. The molecule has 1 saturated heterocycles. The molecular weight excluding hydrogens is 266 g/mol. The van der Waals surface area contributed by atoms with Crippen LogP contribution in [0.1, 0.15) is 25.5 Å². The van der Waals surface area contributed by atoms with Gasteiger partial charge < -0.3 is 9.42 Å². The summed E-state index contributed by atoms with van der Waals surface area (Å²) >= 11 is 0. The van der Waals surface area contributed by atoms with Gasteiger partial charge in [-0.1, -0.05) is 24.2 Å². The lowest BCUT2D eigenvalue weighted by atomic mass is 10.2. The van der Waals surface area contributed by atoms with Crippen molar-refractivity contribution in [2.45, 2.75) is 26.3 Å². The van der Waals surface area contributed by atoms with Gasteiger partial charge in [0.05, 0.1) is 0 Å². The van der Waals surface area contributed by atoms with Crippen LogP contribution in [0.5, 0.6) is 0 Å². The normalized spacial score (nSPS) is 16.5. The second-order valence-corrected chi connectivity index (χ2v) is 5.53. The van der Waals surface area contributed by atoms with Crippen LogP contribution in [0.25, 0.3) is 11.0 Å². The van der Waals surface area contributed by atoms with E-state index in [-0.39, 0.29) is 5.91 Å². The first-order chi connectivity index (χ1) is 10.3. The fourth-order valence-corrected chi connectivity index (χ4v) is 2.79. The van der Waals surface area contributed by atoms with Crippen molar-refractivity contribution in [2.75, 3.05) is 26.2 Å². The van der Waals surface area contributed by atoms with Crippen molar-refractivity contribution in [3.05, 3.63) is 30.0 Å². The number of fused-ring (bicyclic) bond motifs is 1. The summed E-state index contributed by atoms with van der Waals surface area (Å²) in [6.45, 7) is 6.26. The van der Waals surface area contributed by atoms with E-state index < -0.39 is 0 Å². The van der Waals surface area contributed by atoms with E-state index in [2.05, 4.69) is 10.1 Å². The van der Waals surface area contributed by atoms with E-state index in [0.29, 0.717) is 6.42 Å². The van der Waals surface area contributed by atoms with Crippen LogP contribution in [-0.2, 0) is 11.3 Å². The van der Waals surface area contributed by atoms with Gasteiger partial charge in [-0.25, -0.2) is 0 Å². The molecule has 21 heavy (non-hydrogen) atoms. The van der Waals surface area contributed by atoms with Crippen LogP contribution in [-0.4, -0.2) is 47.0 Å². The first kappa shape index (κ1) is 14.1. The summed E-state index contributed by atoms with van der Waals surface area (Å²) in [6.07, 6.45) is 1.58. The van der Waals surface area contributed by atoms with E-state index >= 15 is 0 Å². The Balaban J connectivity index is 1.59. The van der Waals surface area contributed by atoms with Crippen LogP contribution in [0, 0.1) is 0 Å². The molecule has 2 aromatic rings. The zero-order chi connectivity index (χ0) is 14.7. The molecule has 1 aromatic heterocycles. The smallest absolute Gasteiger partial charge is 0.222 e. The minimum absolute atomic E-state index is 0.282. The van der Waals surface area contributed by atoms with E-state index in [1.165, 1.54) is 0 Å². The fraction of sp³-hybridized carbons (Fsp3) is 0.500. The second kappa shape index (κ2) is 6.26. The van der Waals surface area contributed by atoms with Gasteiger partial charge in [-0.15, -0.1) is 0 Å². The lowest BCUT2D eigenvalue weighted by Gasteiger charge is -2.34. The number of aromatic nitrogens is 1. The van der Waals surface area contributed by atoms with Gasteiger partial charge in [-0.05, 0) is 18.6 Å². The molecule has 2 heterocycles. The predicted molar refractivity (Wildman–Crippen MR) is 80.8 cm³/mol. The van der Waals surface area contributed by atoms with Gasteiger partial charge >= 0.3 is 0 Å². The van der Waals surface area contributed by atoms with Gasteiger partial charge in [0.15, 0.2) is 5.58 Å². The summed E-state index contributed by atoms with van der Waals surface area (Å²) in [5.74, 6) is 0.282. The van der Waals surface area contributed by atoms with Crippen LogP contribution in [0.4, 0.5) is 0 Å². The average molecular weight is 287 g/mol. The molecule has 1 aliphatic rings. The molecule has 3 rings (SSSR count). The van der Waals surface area contributed by atoms with Crippen molar-refractivity contribution in [2.24, 2.45) is 0 Å². The Morgan fingerprint density at radius 1 is 1.24 bits per heavy atom. The molecule has 1 aromatic carbocycles. The monoisotopic (exact) mass is 287 g/mol. The Morgan fingerprint density at radius 3 is 2.76 bits per heavy atom. The first-order valence-electron chi connectivity index (χ1n) is 7.61. The van der Waals surface area contributed by atoms with Gasteiger partial charge in [0.1, 0.15) is 5.69 Å². The molecule has 1 fully saturated rings. The topological polar surface area (TPSA) is 49.6 Å². The van der Waals surface area contributed by atoms with Crippen LogP contribution >= 0.6 is 0 Å². The van der Waals surface area contributed by atoms with Crippen LogP contribution in [0.2, 0.25) is 0 Å². The summed E-state index contributed by atoms with van der Waals surface area (Å²) in [5.41, 5.74) is 1.82. The summed E-state index contributed by atoms with van der Waals surface area (Å²) in [7, 11) is 0. The number of nitrogens with zero attached hydrogens (tertiary/aromatic N) is 3. The van der Waals surface area contributed by atoms with E-state index in [4.69, 9.17) is 4.52 Å². The largest absolute Gasteiger partial charge is 0.356 e. The average Bonchev–Trinajstić information content (AvgIpc) is 2.92. The third kappa shape index (κ3) is 3.08. The highest BCUT2D eigenvalue weighted by atomic mass is 16.5. The molecule has 0 aliphatic carbocycles. The Morgan fingerprint density at radius 2 is 2.00 bits per heavy atom. The summed E-state index contributed by atoms with van der Waals surface area (Å²) in [4.78, 5) is 16.2. The summed E-state index contributed by atoms with van der Waals surface area (Å²) in [5, 5.41) is 5.26. The summed E-state index contributed by atoms with van der Waals surface area (Å²) in [6, 6.07) is 7.94. The van der Waals surface area contributed by atoms with Crippen molar-refractivity contribution in [3.63, 3.8) is 0 Å². The Kier molecular flexibility index (Phi) is 4.20. The molecule has 0 saturated carbocycles. The molecule has 0 atom stereocenters. The molecule has 0 N–H and O–H groups in total. The van der Waals surface area contributed by atoms with Crippen LogP contribution in [0.15, 0.2) is 28.8 Å². The van der Waals surface area contributed by atoms with Crippen molar-refractivity contribution < 1.29 is 9.32 Å². The van der Waals surface area contributed by atoms with E-state index in [9.17, 15) is 4.79 Å². The number of benzene rings is 1. The molecule has 0 radical (unpaired) electrons. The number of rotatable bonds is 4. The van der Waals surface area contributed by atoms with Crippen LogP contribution in [0.3, 0.4) is 0 Å². The highest BCUT2D eigenvalue weighted by Gasteiger charge is 2.21. The maximum Gasteiger partial charge on any atom is 0.222 e. The fourth-order valence-electron chi connectivity index (χ4n) is 2.79. The molecule has 5 heteroatoms. The molecule has 112 valence electrons. The van der Waals surface area contributed by atoms with Gasteiger partial charge in [0, 0.05) is 44.5 Å². The van der Waals surface area contributed by atoms with Crippen molar-refractivity contribution >= 4 is 16.9 Å². The lowest BCUT2D eigenvalue weighted by Crippen LogP contribution is -2.48. The number of carbonyl (C=O) groups excluding carboxylic acids is 1. The number of hydrogen-bond acceptors (Lipinski definition) is 4. The molecule has 0 bridgehead atoms. The second-order valence-electron chi connectivity index (χ2n) is 5.53. The summed E-state index contributed by atoms with van der Waals surface area (Å²) < 4.78 is 5.34. The quantitative estimate of drug-likeness (QED) is 0.865.